The zero-order valence-electron chi connectivity index (χ0n) is 30.8. The van der Waals surface area contributed by atoms with Crippen molar-refractivity contribution in [2.45, 2.75) is 12.8 Å². The van der Waals surface area contributed by atoms with Gasteiger partial charge in [-0.25, -0.2) is 0 Å². The molecular formula is C53H41NO. The van der Waals surface area contributed by atoms with Gasteiger partial charge in [0.1, 0.15) is 11.2 Å². The molecule has 0 aliphatic heterocycles. The minimum absolute atomic E-state index is 0.160. The van der Waals surface area contributed by atoms with E-state index in [0.29, 0.717) is 6.54 Å². The highest BCUT2D eigenvalue weighted by Crippen LogP contribution is 2.39. The number of allylic oxidation sites excluding steroid dienone is 3. The minimum atomic E-state index is 0.160. The van der Waals surface area contributed by atoms with Crippen LogP contribution in [-0.2, 0) is 0 Å². The number of fused-ring (bicyclic) bond motifs is 4. The van der Waals surface area contributed by atoms with Crippen LogP contribution >= 0.6 is 0 Å². The minimum Gasteiger partial charge on any atom is -0.455 e. The number of furan rings is 1. The molecule has 55 heavy (non-hydrogen) atoms. The predicted molar refractivity (Wildman–Crippen MR) is 234 cm³/mol. The Balaban J connectivity index is 1.00. The zero-order chi connectivity index (χ0) is 37.0. The predicted octanol–water partition coefficient (Wildman–Crippen LogP) is 14.8. The summed E-state index contributed by atoms with van der Waals surface area (Å²) in [7, 11) is 0. The number of hydrogen-bond acceptors (Lipinski definition) is 2. The first kappa shape index (κ1) is 33.9. The van der Waals surface area contributed by atoms with Crippen LogP contribution < -0.4 is 4.90 Å². The van der Waals surface area contributed by atoms with Gasteiger partial charge in [-0.1, -0.05) is 195 Å². The van der Waals surface area contributed by atoms with Crippen molar-refractivity contribution in [1.82, 2.24) is 0 Å². The van der Waals surface area contributed by atoms with E-state index < -0.39 is 0 Å². The monoisotopic (exact) mass is 707 g/mol. The van der Waals surface area contributed by atoms with Crippen LogP contribution in [-0.4, -0.2) is 6.54 Å². The Hall–Kier alpha value is -6.90. The lowest BCUT2D eigenvalue weighted by molar-refractivity contribution is 0.661. The first-order valence-corrected chi connectivity index (χ1v) is 19.1. The Bertz CT molecular complexity index is 2790. The van der Waals surface area contributed by atoms with Gasteiger partial charge < -0.3 is 9.32 Å². The molecule has 0 radical (unpaired) electrons. The van der Waals surface area contributed by atoms with Crippen LogP contribution in [0.2, 0.25) is 0 Å². The van der Waals surface area contributed by atoms with E-state index in [2.05, 4.69) is 224 Å². The van der Waals surface area contributed by atoms with Gasteiger partial charge in [-0.3, -0.25) is 0 Å². The summed E-state index contributed by atoms with van der Waals surface area (Å²) < 4.78 is 6.69. The highest BCUT2D eigenvalue weighted by molar-refractivity contribution is 6.10. The van der Waals surface area contributed by atoms with E-state index >= 15 is 0 Å². The van der Waals surface area contributed by atoms with Crippen molar-refractivity contribution < 1.29 is 4.42 Å². The van der Waals surface area contributed by atoms with Gasteiger partial charge in [0, 0.05) is 45.7 Å². The molecule has 0 spiro atoms. The SMILES string of the molecule is CC(/C=C\C=C/CN(c1ccc(-c2ccccc2)cc1)c1cccc(-c2cccc3ccccc23)c1)c1cccc2c1oc1c(-c3ccccc3)cccc12. The van der Waals surface area contributed by atoms with Gasteiger partial charge >= 0.3 is 0 Å². The normalized spacial score (nSPS) is 12.3. The molecule has 0 aliphatic rings. The van der Waals surface area contributed by atoms with E-state index in [-0.39, 0.29) is 5.92 Å². The Morgan fingerprint density at radius 2 is 1.07 bits per heavy atom. The van der Waals surface area contributed by atoms with Crippen LogP contribution in [0.15, 0.2) is 217 Å². The molecule has 1 unspecified atom stereocenters. The molecule has 1 heterocycles. The van der Waals surface area contributed by atoms with Gasteiger partial charge in [0.15, 0.2) is 0 Å². The van der Waals surface area contributed by atoms with Crippen molar-refractivity contribution in [3.8, 4) is 33.4 Å². The summed E-state index contributed by atoms with van der Waals surface area (Å²) in [6, 6.07) is 67.0. The number of nitrogens with zero attached hydrogens (tertiary/aromatic N) is 1. The number of anilines is 2. The fraction of sp³-hybridized carbons (Fsp3) is 0.0566. The molecule has 9 rings (SSSR count). The molecule has 0 amide bonds. The van der Waals surface area contributed by atoms with E-state index in [9.17, 15) is 0 Å². The van der Waals surface area contributed by atoms with E-state index in [0.717, 1.165) is 44.4 Å². The van der Waals surface area contributed by atoms with Crippen molar-refractivity contribution in [2.24, 2.45) is 0 Å². The number of rotatable bonds is 10. The van der Waals surface area contributed by atoms with Gasteiger partial charge in [0.2, 0.25) is 0 Å². The number of para-hydroxylation sites is 2. The van der Waals surface area contributed by atoms with Crippen molar-refractivity contribution in [1.29, 1.82) is 0 Å². The Labute approximate surface area is 322 Å². The van der Waals surface area contributed by atoms with Crippen LogP contribution in [0.3, 0.4) is 0 Å². The molecule has 264 valence electrons. The molecule has 0 fully saturated rings. The molecule has 0 saturated heterocycles. The highest BCUT2D eigenvalue weighted by atomic mass is 16.3. The molecule has 8 aromatic carbocycles. The lowest BCUT2D eigenvalue weighted by Crippen LogP contribution is -2.16. The quantitative estimate of drug-likeness (QED) is 0.132. The van der Waals surface area contributed by atoms with E-state index in [1.165, 1.54) is 38.6 Å². The summed E-state index contributed by atoms with van der Waals surface area (Å²) >= 11 is 0. The summed E-state index contributed by atoms with van der Waals surface area (Å²) in [4.78, 5) is 2.39. The fourth-order valence-corrected chi connectivity index (χ4v) is 7.77. The molecule has 0 bridgehead atoms. The van der Waals surface area contributed by atoms with Crippen LogP contribution in [0.25, 0.3) is 66.1 Å². The second-order valence-electron chi connectivity index (χ2n) is 14.1. The molecular weight excluding hydrogens is 667 g/mol. The maximum atomic E-state index is 6.69. The molecule has 0 N–H and O–H groups in total. The first-order valence-electron chi connectivity index (χ1n) is 19.1. The smallest absolute Gasteiger partial charge is 0.143 e. The van der Waals surface area contributed by atoms with Gasteiger partial charge in [0.05, 0.1) is 0 Å². The Morgan fingerprint density at radius 1 is 0.473 bits per heavy atom. The third-order valence-corrected chi connectivity index (χ3v) is 10.6. The van der Waals surface area contributed by atoms with E-state index in [1.807, 2.05) is 0 Å². The molecule has 9 aromatic rings. The Morgan fingerprint density at radius 3 is 1.89 bits per heavy atom. The number of benzene rings is 8. The Kier molecular flexibility index (Phi) is 9.38. The second kappa shape index (κ2) is 15.2. The average molecular weight is 708 g/mol. The lowest BCUT2D eigenvalue weighted by Gasteiger charge is -2.25. The molecule has 2 heteroatoms. The van der Waals surface area contributed by atoms with Crippen molar-refractivity contribution >= 4 is 44.1 Å². The summed E-state index contributed by atoms with van der Waals surface area (Å²) in [5, 5.41) is 4.81. The van der Waals surface area contributed by atoms with Crippen LogP contribution in [0, 0.1) is 0 Å². The third-order valence-electron chi connectivity index (χ3n) is 10.6. The standard InChI is InChI=1S/C53H41NO/c1-38(46-27-15-30-50-51-31-16-29-49(53(51)55-52(46)50)42-20-8-3-9-21-42)17-5-4-12-36-54(44-34-32-40(33-35-44)39-18-6-2-7-19-39)45-25-13-24-43(37-45)48-28-14-23-41-22-10-11-26-47(41)48/h2-35,37-38H,36H2,1H3/b12-4-,17-5-. The van der Waals surface area contributed by atoms with E-state index in [4.69, 9.17) is 4.42 Å². The molecule has 2 nitrogen and oxygen atoms in total. The van der Waals surface area contributed by atoms with Crippen LogP contribution in [0.4, 0.5) is 11.4 Å². The molecule has 0 saturated carbocycles. The van der Waals surface area contributed by atoms with Crippen molar-refractivity contribution in [2.75, 3.05) is 11.4 Å². The van der Waals surface area contributed by atoms with Gasteiger partial charge in [-0.15, -0.1) is 0 Å². The van der Waals surface area contributed by atoms with Gasteiger partial charge in [0.25, 0.3) is 0 Å². The molecule has 1 aromatic heterocycles. The topological polar surface area (TPSA) is 16.4 Å². The summed E-state index contributed by atoms with van der Waals surface area (Å²) in [6.07, 6.45) is 8.84. The van der Waals surface area contributed by atoms with Gasteiger partial charge in [-0.05, 0) is 62.9 Å². The molecule has 1 atom stereocenters. The van der Waals surface area contributed by atoms with Gasteiger partial charge in [-0.2, -0.15) is 0 Å². The van der Waals surface area contributed by atoms with Crippen LogP contribution in [0.5, 0.6) is 0 Å². The van der Waals surface area contributed by atoms with Crippen LogP contribution in [0.1, 0.15) is 18.4 Å². The number of hydrogen-bond donors (Lipinski definition) is 0. The summed E-state index contributed by atoms with van der Waals surface area (Å²) in [5.41, 5.74) is 12.5. The second-order valence-corrected chi connectivity index (χ2v) is 14.1. The first-order chi connectivity index (χ1) is 27.2. The average Bonchev–Trinajstić information content (AvgIpc) is 3.65. The fourth-order valence-electron chi connectivity index (χ4n) is 7.77. The van der Waals surface area contributed by atoms with Crippen molar-refractivity contribution in [3.63, 3.8) is 0 Å². The van der Waals surface area contributed by atoms with Crippen molar-refractivity contribution in [3.05, 3.63) is 218 Å². The highest BCUT2D eigenvalue weighted by Gasteiger charge is 2.17. The summed E-state index contributed by atoms with van der Waals surface area (Å²) in [5.74, 6) is 0.160. The maximum absolute atomic E-state index is 6.69. The maximum Gasteiger partial charge on any atom is 0.143 e. The zero-order valence-corrected chi connectivity index (χ0v) is 30.8. The molecule has 0 aliphatic carbocycles. The lowest BCUT2D eigenvalue weighted by atomic mass is 9.97. The van der Waals surface area contributed by atoms with E-state index in [1.54, 1.807) is 0 Å². The largest absolute Gasteiger partial charge is 0.455 e. The summed E-state index contributed by atoms with van der Waals surface area (Å²) in [6.45, 7) is 2.95. The third kappa shape index (κ3) is 6.87.